The fourth-order valence-electron chi connectivity index (χ4n) is 2.07. The van der Waals surface area contributed by atoms with Crippen LogP contribution in [-0.2, 0) is 19.1 Å². The van der Waals surface area contributed by atoms with E-state index in [9.17, 15) is 19.2 Å². The van der Waals surface area contributed by atoms with Crippen LogP contribution in [0.15, 0.2) is 18.2 Å². The van der Waals surface area contributed by atoms with E-state index in [1.54, 1.807) is 13.0 Å². The van der Waals surface area contributed by atoms with Gasteiger partial charge in [-0.1, -0.05) is 0 Å². The molecule has 0 spiro atoms. The number of carbonyl (C=O) groups is 4. The van der Waals surface area contributed by atoms with Crippen LogP contribution in [0.25, 0.3) is 0 Å². The first-order valence-electron chi connectivity index (χ1n) is 8.54. The predicted octanol–water partition coefficient (Wildman–Crippen LogP) is -0.382. The fourth-order valence-corrected chi connectivity index (χ4v) is 2.07. The van der Waals surface area contributed by atoms with Gasteiger partial charge in [0.15, 0.2) is 6.61 Å². The Morgan fingerprint density at radius 3 is 2.14 bits per heavy atom. The van der Waals surface area contributed by atoms with E-state index in [0.717, 1.165) is 0 Å². The summed E-state index contributed by atoms with van der Waals surface area (Å²) in [5.41, 5.74) is 0.234. The van der Waals surface area contributed by atoms with Crippen molar-refractivity contribution < 1.29 is 33.4 Å². The van der Waals surface area contributed by atoms with Gasteiger partial charge in [-0.3, -0.25) is 19.2 Å². The summed E-state index contributed by atoms with van der Waals surface area (Å²) in [5, 5.41) is 7.33. The van der Waals surface area contributed by atoms with E-state index in [1.807, 2.05) is 0 Å². The predicted molar refractivity (Wildman–Crippen MR) is 99.1 cm³/mol. The van der Waals surface area contributed by atoms with Crippen LogP contribution in [-0.4, -0.2) is 63.6 Å². The molecule has 154 valence electrons. The molecule has 28 heavy (non-hydrogen) atoms. The number of amides is 3. The quantitative estimate of drug-likeness (QED) is 0.460. The van der Waals surface area contributed by atoms with Gasteiger partial charge in [-0.2, -0.15) is 0 Å². The second-order valence-corrected chi connectivity index (χ2v) is 5.63. The van der Waals surface area contributed by atoms with Crippen molar-refractivity contribution in [2.75, 3.05) is 33.9 Å². The van der Waals surface area contributed by atoms with Crippen molar-refractivity contribution in [1.29, 1.82) is 0 Å². The molecule has 0 aromatic heterocycles. The molecular formula is C18H25N3O7. The van der Waals surface area contributed by atoms with E-state index in [1.165, 1.54) is 33.3 Å². The molecule has 10 nitrogen and oxygen atoms in total. The monoisotopic (exact) mass is 395 g/mol. The van der Waals surface area contributed by atoms with E-state index in [2.05, 4.69) is 16.0 Å². The molecule has 1 aromatic rings. The van der Waals surface area contributed by atoms with Crippen molar-refractivity contribution in [2.24, 2.45) is 0 Å². The molecule has 0 bridgehead atoms. The molecule has 0 saturated heterocycles. The van der Waals surface area contributed by atoms with Gasteiger partial charge in [-0.25, -0.2) is 0 Å². The van der Waals surface area contributed by atoms with Gasteiger partial charge in [0, 0.05) is 18.2 Å². The number of likely N-dealkylation sites (N-methyl/N-ethyl adjacent to an activating group) is 1. The molecule has 0 saturated carbocycles. The van der Waals surface area contributed by atoms with Crippen LogP contribution in [0.2, 0.25) is 0 Å². The average Bonchev–Trinajstić information content (AvgIpc) is 2.69. The molecule has 3 amide bonds. The van der Waals surface area contributed by atoms with E-state index >= 15 is 0 Å². The summed E-state index contributed by atoms with van der Waals surface area (Å²) in [5.74, 6) is -1.47. The van der Waals surface area contributed by atoms with Gasteiger partial charge in [0.25, 0.3) is 11.8 Å². The summed E-state index contributed by atoms with van der Waals surface area (Å²) in [6.45, 7) is 2.70. The Bertz CT molecular complexity index is 699. The summed E-state index contributed by atoms with van der Waals surface area (Å²) in [6.07, 6.45) is 0. The minimum absolute atomic E-state index is 0.234. The molecular weight excluding hydrogens is 370 g/mol. The number of methoxy groups -OCH3 is 2. The Hall–Kier alpha value is -3.30. The van der Waals surface area contributed by atoms with Gasteiger partial charge in [-0.15, -0.1) is 0 Å². The lowest BCUT2D eigenvalue weighted by Crippen LogP contribution is -2.46. The zero-order chi connectivity index (χ0) is 21.1. The Morgan fingerprint density at radius 1 is 1.00 bits per heavy atom. The lowest BCUT2D eigenvalue weighted by atomic mass is 10.2. The highest BCUT2D eigenvalue weighted by Gasteiger charge is 2.16. The van der Waals surface area contributed by atoms with Crippen LogP contribution >= 0.6 is 0 Å². The van der Waals surface area contributed by atoms with Gasteiger partial charge >= 0.3 is 5.97 Å². The second kappa shape index (κ2) is 11.4. The zero-order valence-electron chi connectivity index (χ0n) is 16.3. The smallest absolute Gasteiger partial charge is 0.325 e. The number of carbonyl (C=O) groups excluding carboxylic acids is 4. The normalized spacial score (nSPS) is 11.0. The van der Waals surface area contributed by atoms with E-state index in [0.29, 0.717) is 18.0 Å². The summed E-state index contributed by atoms with van der Waals surface area (Å²) in [7, 11) is 2.90. The topological polar surface area (TPSA) is 132 Å². The molecule has 0 aliphatic carbocycles. The van der Waals surface area contributed by atoms with Gasteiger partial charge in [0.1, 0.15) is 24.1 Å². The van der Waals surface area contributed by atoms with Gasteiger partial charge < -0.3 is 30.2 Å². The number of rotatable bonds is 10. The first-order valence-corrected chi connectivity index (χ1v) is 8.54. The van der Waals surface area contributed by atoms with Crippen LogP contribution in [0.1, 0.15) is 24.2 Å². The van der Waals surface area contributed by atoms with Gasteiger partial charge in [-0.05, 0) is 26.0 Å². The number of hydrogen-bond acceptors (Lipinski definition) is 7. The van der Waals surface area contributed by atoms with Crippen molar-refractivity contribution in [3.05, 3.63) is 23.8 Å². The molecule has 0 radical (unpaired) electrons. The third-order valence-electron chi connectivity index (χ3n) is 3.49. The highest BCUT2D eigenvalue weighted by atomic mass is 16.5. The lowest BCUT2D eigenvalue weighted by Gasteiger charge is -2.13. The highest BCUT2D eigenvalue weighted by Crippen LogP contribution is 2.22. The van der Waals surface area contributed by atoms with Crippen LogP contribution in [0.3, 0.4) is 0 Å². The first-order chi connectivity index (χ1) is 13.3. The van der Waals surface area contributed by atoms with E-state index in [4.69, 9.17) is 14.2 Å². The van der Waals surface area contributed by atoms with E-state index in [-0.39, 0.29) is 11.5 Å². The standard InChI is InChI=1S/C18H25N3O7/c1-5-19-17(24)11(2)21-15(22)10-28-16(23)9-20-18(25)12-6-13(26-3)8-14(7-12)27-4/h6-8,11H,5,9-10H2,1-4H3,(H,19,24)(H,20,25)(H,21,22)/t11-/m1/s1. The van der Waals surface area contributed by atoms with Crippen molar-refractivity contribution in [3.8, 4) is 11.5 Å². The second-order valence-electron chi connectivity index (χ2n) is 5.63. The third kappa shape index (κ3) is 7.52. The summed E-state index contributed by atoms with van der Waals surface area (Å²) < 4.78 is 14.9. The molecule has 3 N–H and O–H groups in total. The Morgan fingerprint density at radius 2 is 1.61 bits per heavy atom. The number of esters is 1. The van der Waals surface area contributed by atoms with Crippen molar-refractivity contribution >= 4 is 23.7 Å². The number of nitrogens with one attached hydrogen (secondary N) is 3. The molecule has 0 aliphatic rings. The SMILES string of the molecule is CCNC(=O)[C@@H](C)NC(=O)COC(=O)CNC(=O)c1cc(OC)cc(OC)c1. The lowest BCUT2D eigenvalue weighted by molar-refractivity contribution is -0.147. The zero-order valence-corrected chi connectivity index (χ0v) is 16.3. The molecule has 0 aliphatic heterocycles. The first kappa shape index (κ1) is 22.7. The molecule has 1 rings (SSSR count). The summed E-state index contributed by atoms with van der Waals surface area (Å²) in [6, 6.07) is 3.82. The third-order valence-corrected chi connectivity index (χ3v) is 3.49. The summed E-state index contributed by atoms with van der Waals surface area (Å²) >= 11 is 0. The average molecular weight is 395 g/mol. The molecule has 0 fully saturated rings. The molecule has 10 heteroatoms. The Labute approximate surface area is 162 Å². The van der Waals surface area contributed by atoms with Crippen molar-refractivity contribution in [1.82, 2.24) is 16.0 Å². The fraction of sp³-hybridized carbons (Fsp3) is 0.444. The minimum atomic E-state index is -0.802. The van der Waals surface area contributed by atoms with Crippen LogP contribution in [0, 0.1) is 0 Å². The van der Waals surface area contributed by atoms with Gasteiger partial charge in [0.05, 0.1) is 14.2 Å². The molecule has 0 unspecified atom stereocenters. The maximum absolute atomic E-state index is 12.2. The van der Waals surface area contributed by atoms with Crippen molar-refractivity contribution in [2.45, 2.75) is 19.9 Å². The molecule has 1 aromatic carbocycles. The minimum Gasteiger partial charge on any atom is -0.497 e. The van der Waals surface area contributed by atoms with Crippen molar-refractivity contribution in [3.63, 3.8) is 0 Å². The molecule has 1 atom stereocenters. The molecule has 0 heterocycles. The summed E-state index contributed by atoms with van der Waals surface area (Å²) in [4.78, 5) is 47.1. The van der Waals surface area contributed by atoms with Crippen LogP contribution < -0.4 is 25.4 Å². The maximum Gasteiger partial charge on any atom is 0.325 e. The number of hydrogen-bond donors (Lipinski definition) is 3. The number of ether oxygens (including phenoxy) is 3. The van der Waals surface area contributed by atoms with Gasteiger partial charge in [0.2, 0.25) is 5.91 Å². The highest BCUT2D eigenvalue weighted by molar-refractivity contribution is 5.97. The van der Waals surface area contributed by atoms with Crippen LogP contribution in [0.4, 0.5) is 0 Å². The Kier molecular flexibility index (Phi) is 9.28. The largest absolute Gasteiger partial charge is 0.497 e. The number of benzene rings is 1. The van der Waals surface area contributed by atoms with Crippen LogP contribution in [0.5, 0.6) is 11.5 Å². The maximum atomic E-state index is 12.2. The van der Waals surface area contributed by atoms with E-state index < -0.39 is 37.0 Å². The Balaban J connectivity index is 2.45.